The standard InChI is InChI=1S/C24H29F3N2O7S/c1-23(2,3)36-22(32)29(21(31)17-10-12-19(35-4)13-11-17)18(14-16-8-6-5-7-9-16)15-20(30)28-37(33,34)24(25,26)27/h5-13,18,21,31H,14-15H2,1-4H3,(H,28,30)/t18-,21?/m0/s1. The van der Waals surface area contributed by atoms with Gasteiger partial charge < -0.3 is 14.6 Å². The average molecular weight is 547 g/mol. The zero-order valence-electron chi connectivity index (χ0n) is 20.7. The number of nitrogens with one attached hydrogen (secondary N) is 1. The van der Waals surface area contributed by atoms with Crippen LogP contribution in [0.1, 0.15) is 44.5 Å². The number of hydrogen-bond acceptors (Lipinski definition) is 7. The molecule has 0 saturated carbocycles. The molecule has 2 atom stereocenters. The van der Waals surface area contributed by atoms with E-state index < -0.39 is 51.8 Å². The van der Waals surface area contributed by atoms with Crippen molar-refractivity contribution >= 4 is 22.0 Å². The van der Waals surface area contributed by atoms with Crippen LogP contribution >= 0.6 is 0 Å². The third-order valence-corrected chi connectivity index (χ3v) is 6.07. The Bertz CT molecular complexity index is 1170. The molecule has 204 valence electrons. The molecule has 1 unspecified atom stereocenters. The summed E-state index contributed by atoms with van der Waals surface area (Å²) in [7, 11) is -4.55. The van der Waals surface area contributed by atoms with E-state index >= 15 is 0 Å². The van der Waals surface area contributed by atoms with Gasteiger partial charge in [-0.25, -0.2) is 9.52 Å². The highest BCUT2D eigenvalue weighted by molar-refractivity contribution is 7.90. The Morgan fingerprint density at radius 2 is 1.59 bits per heavy atom. The van der Waals surface area contributed by atoms with Gasteiger partial charge in [0.25, 0.3) is 0 Å². The maximum Gasteiger partial charge on any atom is 0.516 e. The summed E-state index contributed by atoms with van der Waals surface area (Å²) in [5.74, 6) is -1.06. The Balaban J connectivity index is 2.52. The number of methoxy groups -OCH3 is 1. The van der Waals surface area contributed by atoms with Crippen LogP contribution in [0.25, 0.3) is 0 Å². The minimum atomic E-state index is -5.98. The van der Waals surface area contributed by atoms with Crippen molar-refractivity contribution in [3.8, 4) is 5.75 Å². The number of halogens is 3. The number of carbonyl (C=O) groups excluding carboxylic acids is 2. The first-order chi connectivity index (χ1) is 17.0. The summed E-state index contributed by atoms with van der Waals surface area (Å²) in [4.78, 5) is 26.5. The number of carbonyl (C=O) groups is 2. The third kappa shape index (κ3) is 8.64. The van der Waals surface area contributed by atoms with E-state index in [1.165, 1.54) is 31.4 Å². The molecule has 0 spiro atoms. The third-order valence-electron chi connectivity index (χ3n) is 4.96. The molecule has 0 radical (unpaired) electrons. The highest BCUT2D eigenvalue weighted by Gasteiger charge is 2.47. The fourth-order valence-corrected chi connectivity index (χ4v) is 3.82. The normalized spacial score (nSPS) is 13.8. The molecule has 2 aromatic carbocycles. The fraction of sp³-hybridized carbons (Fsp3) is 0.417. The number of ether oxygens (including phenoxy) is 2. The lowest BCUT2D eigenvalue weighted by molar-refractivity contribution is -0.122. The van der Waals surface area contributed by atoms with Crippen LogP contribution in [-0.4, -0.2) is 54.7 Å². The van der Waals surface area contributed by atoms with E-state index in [0.29, 0.717) is 11.3 Å². The van der Waals surface area contributed by atoms with E-state index in [2.05, 4.69) is 0 Å². The molecule has 0 fully saturated rings. The van der Waals surface area contributed by atoms with Gasteiger partial charge in [-0.05, 0) is 44.9 Å². The number of aliphatic hydroxyl groups is 1. The van der Waals surface area contributed by atoms with Gasteiger partial charge in [0.05, 0.1) is 13.2 Å². The quantitative estimate of drug-likeness (QED) is 0.458. The summed E-state index contributed by atoms with van der Waals surface area (Å²) in [5, 5.41) is 11.2. The topological polar surface area (TPSA) is 122 Å². The van der Waals surface area contributed by atoms with Crippen LogP contribution in [0.15, 0.2) is 54.6 Å². The molecule has 37 heavy (non-hydrogen) atoms. The van der Waals surface area contributed by atoms with Crippen molar-refractivity contribution in [3.05, 3.63) is 65.7 Å². The first-order valence-electron chi connectivity index (χ1n) is 11.0. The summed E-state index contributed by atoms with van der Waals surface area (Å²) in [6.07, 6.45) is -3.78. The molecular weight excluding hydrogens is 517 g/mol. The molecule has 0 aliphatic heterocycles. The van der Waals surface area contributed by atoms with Crippen LogP contribution in [0, 0.1) is 0 Å². The van der Waals surface area contributed by atoms with E-state index in [4.69, 9.17) is 9.47 Å². The summed E-state index contributed by atoms with van der Waals surface area (Å²) in [6.45, 7) is 4.70. The Hall–Kier alpha value is -3.32. The molecule has 0 heterocycles. The molecule has 2 amide bonds. The van der Waals surface area contributed by atoms with Gasteiger partial charge in [0.15, 0.2) is 6.23 Å². The van der Waals surface area contributed by atoms with Crippen molar-refractivity contribution in [3.63, 3.8) is 0 Å². The number of benzene rings is 2. The minimum absolute atomic E-state index is 0.118. The van der Waals surface area contributed by atoms with Crippen LogP contribution in [0.2, 0.25) is 0 Å². The molecule has 0 saturated heterocycles. The highest BCUT2D eigenvalue weighted by Crippen LogP contribution is 2.28. The number of amides is 2. The van der Waals surface area contributed by atoms with Crippen molar-refractivity contribution in [2.45, 2.75) is 57.0 Å². The van der Waals surface area contributed by atoms with Gasteiger partial charge in [-0.3, -0.25) is 9.69 Å². The first-order valence-corrected chi connectivity index (χ1v) is 12.5. The number of hydrogen-bond donors (Lipinski definition) is 2. The molecule has 0 aliphatic rings. The highest BCUT2D eigenvalue weighted by atomic mass is 32.2. The van der Waals surface area contributed by atoms with E-state index in [1.807, 2.05) is 0 Å². The Morgan fingerprint density at radius 3 is 2.08 bits per heavy atom. The SMILES string of the molecule is COc1ccc(C(O)N(C(=O)OC(C)(C)C)[C@H](CC(=O)NS(=O)(=O)C(F)(F)F)Cc2ccccc2)cc1. The fourth-order valence-electron chi connectivity index (χ4n) is 3.32. The maximum atomic E-state index is 13.2. The number of nitrogens with zero attached hydrogens (tertiary/aromatic N) is 1. The van der Waals surface area contributed by atoms with E-state index in [1.54, 1.807) is 51.1 Å². The molecular formula is C24H29F3N2O7S. The number of alkyl halides is 3. The Kier molecular flexibility index (Phi) is 9.55. The van der Waals surface area contributed by atoms with E-state index in [0.717, 1.165) is 9.62 Å². The number of sulfonamides is 1. The smallest absolute Gasteiger partial charge is 0.497 e. The number of aliphatic hydroxyl groups excluding tert-OH is 1. The Morgan fingerprint density at radius 1 is 1.03 bits per heavy atom. The largest absolute Gasteiger partial charge is 0.516 e. The Labute approximate surface area is 213 Å². The van der Waals surface area contributed by atoms with Crippen molar-refractivity contribution in [2.24, 2.45) is 0 Å². The van der Waals surface area contributed by atoms with Crippen LogP contribution < -0.4 is 9.46 Å². The molecule has 2 rings (SSSR count). The van der Waals surface area contributed by atoms with Gasteiger partial charge >= 0.3 is 21.6 Å². The van der Waals surface area contributed by atoms with Crippen LogP contribution in [-0.2, 0) is 26.0 Å². The second kappa shape index (κ2) is 11.8. The van der Waals surface area contributed by atoms with E-state index in [9.17, 15) is 36.3 Å². The van der Waals surface area contributed by atoms with Gasteiger partial charge in [-0.2, -0.15) is 21.6 Å². The van der Waals surface area contributed by atoms with Gasteiger partial charge in [0.1, 0.15) is 11.4 Å². The molecule has 9 nitrogen and oxygen atoms in total. The minimum Gasteiger partial charge on any atom is -0.497 e. The summed E-state index contributed by atoms with van der Waals surface area (Å²) >= 11 is 0. The van der Waals surface area contributed by atoms with E-state index in [-0.39, 0.29) is 12.0 Å². The summed E-state index contributed by atoms with van der Waals surface area (Å²) in [6, 6.07) is 13.0. The molecule has 2 N–H and O–H groups in total. The van der Waals surface area contributed by atoms with Crippen molar-refractivity contribution < 1.29 is 45.8 Å². The lowest BCUT2D eigenvalue weighted by Crippen LogP contribution is -2.49. The predicted octanol–water partition coefficient (Wildman–Crippen LogP) is 3.89. The summed E-state index contributed by atoms with van der Waals surface area (Å²) in [5.41, 5.74) is -6.00. The second-order valence-corrected chi connectivity index (χ2v) is 10.7. The predicted molar refractivity (Wildman–Crippen MR) is 128 cm³/mol. The van der Waals surface area contributed by atoms with Gasteiger partial charge in [-0.1, -0.05) is 42.5 Å². The molecule has 13 heteroatoms. The van der Waals surface area contributed by atoms with Gasteiger partial charge in [-0.15, -0.1) is 0 Å². The summed E-state index contributed by atoms with van der Waals surface area (Å²) < 4.78 is 72.9. The maximum absolute atomic E-state index is 13.2. The van der Waals surface area contributed by atoms with Gasteiger partial charge in [0, 0.05) is 12.0 Å². The zero-order chi connectivity index (χ0) is 28.0. The lowest BCUT2D eigenvalue weighted by atomic mass is 10.00. The lowest BCUT2D eigenvalue weighted by Gasteiger charge is -2.36. The molecule has 0 bridgehead atoms. The average Bonchev–Trinajstić information content (AvgIpc) is 2.77. The van der Waals surface area contributed by atoms with Crippen LogP contribution in [0.5, 0.6) is 5.75 Å². The van der Waals surface area contributed by atoms with Gasteiger partial charge in [0.2, 0.25) is 5.91 Å². The van der Waals surface area contributed by atoms with Crippen LogP contribution in [0.4, 0.5) is 18.0 Å². The first kappa shape index (κ1) is 29.9. The number of rotatable bonds is 9. The zero-order valence-corrected chi connectivity index (χ0v) is 21.5. The van der Waals surface area contributed by atoms with Crippen molar-refractivity contribution in [1.82, 2.24) is 9.62 Å². The molecule has 0 aliphatic carbocycles. The molecule has 0 aromatic heterocycles. The van der Waals surface area contributed by atoms with Crippen molar-refractivity contribution in [2.75, 3.05) is 7.11 Å². The molecule has 2 aromatic rings. The monoisotopic (exact) mass is 546 g/mol. The van der Waals surface area contributed by atoms with Crippen LogP contribution in [0.3, 0.4) is 0 Å². The second-order valence-electron chi connectivity index (χ2n) is 9.06. The van der Waals surface area contributed by atoms with Crippen molar-refractivity contribution in [1.29, 1.82) is 0 Å².